The maximum Gasteiger partial charge on any atom is 0.429 e. The second kappa shape index (κ2) is 11.2. The first-order valence-electron chi connectivity index (χ1n) is 11.6. The van der Waals surface area contributed by atoms with Gasteiger partial charge in [0.25, 0.3) is 0 Å². The van der Waals surface area contributed by atoms with E-state index in [2.05, 4.69) is 9.97 Å². The van der Waals surface area contributed by atoms with Gasteiger partial charge < -0.3 is 21.3 Å². The largest absolute Gasteiger partial charge is 0.480 e. The van der Waals surface area contributed by atoms with Gasteiger partial charge in [0.15, 0.2) is 0 Å². The predicted molar refractivity (Wildman–Crippen MR) is 137 cm³/mol. The highest BCUT2D eigenvalue weighted by molar-refractivity contribution is 5.73. The van der Waals surface area contributed by atoms with Crippen LogP contribution in [0.15, 0.2) is 78.9 Å². The van der Waals surface area contributed by atoms with Gasteiger partial charge in [-0.1, -0.05) is 60.7 Å². The number of carbonyl (C=O) groups is 1. The normalized spacial score (nSPS) is 12.8. The van der Waals surface area contributed by atoms with Crippen LogP contribution < -0.4 is 16.2 Å². The van der Waals surface area contributed by atoms with Gasteiger partial charge >= 0.3 is 12.1 Å². The number of hydrogen-bond acceptors (Lipinski definition) is 7. The van der Waals surface area contributed by atoms with Crippen molar-refractivity contribution in [3.05, 3.63) is 95.6 Å². The number of ether oxygens (including phenoxy) is 1. The molecule has 5 N–H and O–H groups in total. The monoisotopic (exact) mass is 533 g/mol. The van der Waals surface area contributed by atoms with E-state index in [0.29, 0.717) is 22.3 Å². The van der Waals surface area contributed by atoms with Crippen molar-refractivity contribution in [3.63, 3.8) is 0 Å². The first kappa shape index (κ1) is 27.1. The van der Waals surface area contributed by atoms with Crippen LogP contribution in [0, 0.1) is 11.3 Å². The summed E-state index contributed by atoms with van der Waals surface area (Å²) in [6, 6.07) is 20.8. The predicted octanol–water partition coefficient (Wildman–Crippen LogP) is 4.90. The lowest BCUT2D eigenvalue weighted by Crippen LogP contribution is -2.32. The van der Waals surface area contributed by atoms with Gasteiger partial charge in [0.05, 0.1) is 17.3 Å². The van der Waals surface area contributed by atoms with Crippen LogP contribution in [0.25, 0.3) is 22.4 Å². The second-order valence-electron chi connectivity index (χ2n) is 8.61. The molecule has 1 aromatic heterocycles. The van der Waals surface area contributed by atoms with Gasteiger partial charge in [0.1, 0.15) is 6.04 Å². The maximum absolute atomic E-state index is 14.4. The third-order valence-corrected chi connectivity index (χ3v) is 5.82. The van der Waals surface area contributed by atoms with E-state index in [9.17, 15) is 23.2 Å². The Balaban J connectivity index is 1.69. The maximum atomic E-state index is 14.4. The molecule has 0 fully saturated rings. The van der Waals surface area contributed by atoms with Crippen molar-refractivity contribution in [2.45, 2.75) is 24.7 Å². The SMILES string of the molecule is N#Cc1cccc(-c2ccccc2C(Oc2cc(-c3ccc(CC(N)C(=O)O)cc3)nc(N)n2)C(F)(F)F)c1. The van der Waals surface area contributed by atoms with Crippen LogP contribution in [-0.2, 0) is 11.2 Å². The second-order valence-corrected chi connectivity index (χ2v) is 8.61. The van der Waals surface area contributed by atoms with Crippen molar-refractivity contribution in [2.75, 3.05) is 5.73 Å². The number of nitrogens with zero attached hydrogens (tertiary/aromatic N) is 3. The number of carboxylic acids is 1. The number of nitrogens with two attached hydrogens (primary N) is 2. The Hall–Kier alpha value is -4.95. The lowest BCUT2D eigenvalue weighted by Gasteiger charge is -2.24. The smallest absolute Gasteiger partial charge is 0.429 e. The summed E-state index contributed by atoms with van der Waals surface area (Å²) in [6.07, 6.45) is -7.13. The molecule has 0 aliphatic carbocycles. The topological polar surface area (TPSA) is 148 Å². The zero-order valence-electron chi connectivity index (χ0n) is 20.3. The van der Waals surface area contributed by atoms with Gasteiger partial charge in [-0.2, -0.15) is 23.4 Å². The molecule has 0 radical (unpaired) electrons. The van der Waals surface area contributed by atoms with E-state index in [0.717, 1.165) is 0 Å². The van der Waals surface area contributed by atoms with Gasteiger partial charge in [0.2, 0.25) is 17.9 Å². The molecular formula is C28H22F3N5O3. The van der Waals surface area contributed by atoms with E-state index < -0.39 is 30.2 Å². The zero-order chi connectivity index (χ0) is 28.2. The molecular weight excluding hydrogens is 511 g/mol. The van der Waals surface area contributed by atoms with Crippen molar-refractivity contribution < 1.29 is 27.8 Å². The summed E-state index contributed by atoms with van der Waals surface area (Å²) >= 11 is 0. The molecule has 0 bridgehead atoms. The third-order valence-electron chi connectivity index (χ3n) is 5.82. The fourth-order valence-corrected chi connectivity index (χ4v) is 3.98. The summed E-state index contributed by atoms with van der Waals surface area (Å²) in [6.45, 7) is 0. The summed E-state index contributed by atoms with van der Waals surface area (Å²) in [5.74, 6) is -1.82. The highest BCUT2D eigenvalue weighted by Gasteiger charge is 2.44. The number of benzene rings is 3. The van der Waals surface area contributed by atoms with Crippen molar-refractivity contribution in [3.8, 4) is 34.3 Å². The summed E-state index contributed by atoms with van der Waals surface area (Å²) < 4.78 is 48.5. The van der Waals surface area contributed by atoms with Gasteiger partial charge in [-0.05, 0) is 35.2 Å². The van der Waals surface area contributed by atoms with E-state index in [-0.39, 0.29) is 29.2 Å². The quantitative estimate of drug-likeness (QED) is 0.290. The Morgan fingerprint density at radius 1 is 1.00 bits per heavy atom. The highest BCUT2D eigenvalue weighted by Crippen LogP contribution is 2.41. The molecule has 2 unspecified atom stereocenters. The standard InChI is InChI=1S/C28H22F3N5O3/c29-28(30,31)25(21-7-2-1-6-20(21)19-5-3-4-17(12-19)15-32)39-24-14-23(35-27(34)36-24)18-10-8-16(9-11-18)13-22(33)26(37)38/h1-12,14,22,25H,13,33H2,(H,37,38)(H2,34,35,36). The first-order valence-corrected chi connectivity index (χ1v) is 11.6. The number of aromatic nitrogens is 2. The number of nitriles is 1. The van der Waals surface area contributed by atoms with Crippen LogP contribution in [0.2, 0.25) is 0 Å². The average molecular weight is 534 g/mol. The number of anilines is 1. The molecule has 1 heterocycles. The molecule has 8 nitrogen and oxygen atoms in total. The lowest BCUT2D eigenvalue weighted by molar-refractivity contribution is -0.198. The Morgan fingerprint density at radius 3 is 2.38 bits per heavy atom. The van der Waals surface area contributed by atoms with E-state index in [1.165, 1.54) is 30.3 Å². The van der Waals surface area contributed by atoms with E-state index in [4.69, 9.17) is 21.3 Å². The number of halogens is 3. The van der Waals surface area contributed by atoms with E-state index in [1.54, 1.807) is 48.5 Å². The molecule has 0 aliphatic heterocycles. The highest BCUT2D eigenvalue weighted by atomic mass is 19.4. The fourth-order valence-electron chi connectivity index (χ4n) is 3.98. The van der Waals surface area contributed by atoms with Crippen molar-refractivity contribution >= 4 is 11.9 Å². The van der Waals surface area contributed by atoms with Crippen molar-refractivity contribution in [1.29, 1.82) is 5.26 Å². The number of rotatable bonds is 8. The molecule has 4 aromatic rings. The Bertz CT molecular complexity index is 1530. The zero-order valence-corrected chi connectivity index (χ0v) is 20.3. The molecule has 0 saturated heterocycles. The Kier molecular flexibility index (Phi) is 7.78. The molecule has 0 spiro atoms. The molecule has 3 aromatic carbocycles. The Labute approximate surface area is 221 Å². The van der Waals surface area contributed by atoms with E-state index >= 15 is 0 Å². The molecule has 2 atom stereocenters. The summed E-state index contributed by atoms with van der Waals surface area (Å²) in [4.78, 5) is 19.0. The van der Waals surface area contributed by atoms with Gasteiger partial charge in [-0.15, -0.1) is 0 Å². The number of carboxylic acid groups (broad SMARTS) is 1. The minimum absolute atomic E-state index is 0.0971. The van der Waals surface area contributed by atoms with Crippen LogP contribution in [0.4, 0.5) is 19.1 Å². The van der Waals surface area contributed by atoms with Crippen LogP contribution in [-0.4, -0.2) is 33.3 Å². The minimum Gasteiger partial charge on any atom is -0.480 e. The van der Waals surface area contributed by atoms with Crippen LogP contribution >= 0.6 is 0 Å². The van der Waals surface area contributed by atoms with Crippen LogP contribution in [0.5, 0.6) is 5.88 Å². The first-order chi connectivity index (χ1) is 18.5. The molecule has 0 amide bonds. The van der Waals surface area contributed by atoms with Crippen LogP contribution in [0.3, 0.4) is 0 Å². The molecule has 39 heavy (non-hydrogen) atoms. The summed E-state index contributed by atoms with van der Waals surface area (Å²) in [5, 5.41) is 18.2. The number of alkyl halides is 3. The van der Waals surface area contributed by atoms with Gasteiger partial charge in [-0.3, -0.25) is 4.79 Å². The van der Waals surface area contributed by atoms with Crippen molar-refractivity contribution in [1.82, 2.24) is 9.97 Å². The van der Waals surface area contributed by atoms with Gasteiger partial charge in [0, 0.05) is 17.2 Å². The summed E-state index contributed by atoms with van der Waals surface area (Å²) in [5.41, 5.74) is 13.5. The molecule has 198 valence electrons. The van der Waals surface area contributed by atoms with Crippen LogP contribution in [0.1, 0.15) is 22.8 Å². The van der Waals surface area contributed by atoms with Gasteiger partial charge in [-0.25, -0.2) is 4.98 Å². The average Bonchev–Trinajstić information content (AvgIpc) is 2.91. The molecule has 0 saturated carbocycles. The third kappa shape index (κ3) is 6.49. The fraction of sp³-hybridized carbons (Fsp3) is 0.143. The van der Waals surface area contributed by atoms with Crippen molar-refractivity contribution in [2.24, 2.45) is 5.73 Å². The lowest BCUT2D eigenvalue weighted by atomic mass is 9.95. The summed E-state index contributed by atoms with van der Waals surface area (Å²) in [7, 11) is 0. The number of hydrogen-bond donors (Lipinski definition) is 3. The minimum atomic E-state index is -4.83. The molecule has 0 aliphatic rings. The Morgan fingerprint density at radius 2 is 1.72 bits per heavy atom. The molecule has 11 heteroatoms. The number of nitrogen functional groups attached to an aromatic ring is 1. The molecule has 4 rings (SSSR count). The number of aliphatic carboxylic acids is 1. The van der Waals surface area contributed by atoms with E-state index in [1.807, 2.05) is 6.07 Å².